The van der Waals surface area contributed by atoms with Gasteiger partial charge in [-0.15, -0.1) is 0 Å². The molecule has 0 aliphatic carbocycles. The Kier molecular flexibility index (Phi) is 5.52. The van der Waals surface area contributed by atoms with E-state index in [1.807, 2.05) is 6.92 Å². The van der Waals surface area contributed by atoms with Gasteiger partial charge < -0.3 is 10.6 Å². The van der Waals surface area contributed by atoms with Crippen LogP contribution in [0, 0.1) is 0 Å². The third-order valence-electron chi connectivity index (χ3n) is 2.78. The summed E-state index contributed by atoms with van der Waals surface area (Å²) >= 11 is 0. The van der Waals surface area contributed by atoms with E-state index in [1.165, 1.54) is 6.92 Å². The molecule has 98 valence electrons. The summed E-state index contributed by atoms with van der Waals surface area (Å²) in [5.74, 6) is -0.111. The third-order valence-corrected chi connectivity index (χ3v) is 2.78. The van der Waals surface area contributed by atoms with Crippen molar-refractivity contribution in [2.75, 3.05) is 11.9 Å². The predicted octanol–water partition coefficient (Wildman–Crippen LogP) is 2.22. The summed E-state index contributed by atoms with van der Waals surface area (Å²) in [6.07, 6.45) is 0.979. The summed E-state index contributed by atoms with van der Waals surface area (Å²) < 4.78 is 0. The average Bonchev–Trinajstić information content (AvgIpc) is 2.36. The lowest BCUT2D eigenvalue weighted by Gasteiger charge is -2.11. The van der Waals surface area contributed by atoms with E-state index in [9.17, 15) is 9.59 Å². The van der Waals surface area contributed by atoms with Gasteiger partial charge >= 0.3 is 0 Å². The first-order valence-electron chi connectivity index (χ1n) is 6.17. The lowest BCUT2D eigenvalue weighted by molar-refractivity contribution is -0.115. The molecular formula is C14H20N2O2. The van der Waals surface area contributed by atoms with E-state index in [1.54, 1.807) is 24.3 Å². The number of carbonyl (C=O) groups is 2. The molecule has 1 aromatic rings. The second-order valence-corrected chi connectivity index (χ2v) is 4.38. The van der Waals surface area contributed by atoms with Gasteiger partial charge in [-0.3, -0.25) is 9.59 Å². The molecule has 0 heterocycles. The number of hydrogen-bond acceptors (Lipinski definition) is 3. The lowest BCUT2D eigenvalue weighted by atomic mass is 10.1. The molecule has 1 atom stereocenters. The topological polar surface area (TPSA) is 58.2 Å². The Morgan fingerprint density at radius 2 is 2.06 bits per heavy atom. The van der Waals surface area contributed by atoms with E-state index in [2.05, 4.69) is 17.6 Å². The summed E-state index contributed by atoms with van der Waals surface area (Å²) in [5.41, 5.74) is 1.25. The minimum Gasteiger partial charge on any atom is -0.325 e. The molecule has 0 aliphatic rings. The summed E-state index contributed by atoms with van der Waals surface area (Å²) in [4.78, 5) is 22.9. The van der Waals surface area contributed by atoms with Crippen molar-refractivity contribution < 1.29 is 9.59 Å². The lowest BCUT2D eigenvalue weighted by Crippen LogP contribution is -2.33. The third kappa shape index (κ3) is 4.67. The maximum Gasteiger partial charge on any atom is 0.238 e. The predicted molar refractivity (Wildman–Crippen MR) is 72.8 cm³/mol. The normalized spacial score (nSPS) is 11.9. The van der Waals surface area contributed by atoms with Crippen LogP contribution in [0.15, 0.2) is 24.3 Å². The molecule has 4 heteroatoms. The number of amides is 1. The first-order valence-corrected chi connectivity index (χ1v) is 6.17. The van der Waals surface area contributed by atoms with E-state index < -0.39 is 0 Å². The van der Waals surface area contributed by atoms with Crippen LogP contribution in [0.5, 0.6) is 0 Å². The van der Waals surface area contributed by atoms with E-state index in [-0.39, 0.29) is 18.2 Å². The van der Waals surface area contributed by atoms with Crippen molar-refractivity contribution in [1.82, 2.24) is 5.32 Å². The summed E-state index contributed by atoms with van der Waals surface area (Å²) in [6.45, 7) is 5.88. The van der Waals surface area contributed by atoms with Gasteiger partial charge in [0.25, 0.3) is 0 Å². The number of benzene rings is 1. The molecule has 0 spiro atoms. The minimum atomic E-state index is -0.101. The van der Waals surface area contributed by atoms with Gasteiger partial charge in [-0.25, -0.2) is 0 Å². The quantitative estimate of drug-likeness (QED) is 0.759. The van der Waals surface area contributed by atoms with Crippen LogP contribution in [0.2, 0.25) is 0 Å². The Bertz CT molecular complexity index is 430. The smallest absolute Gasteiger partial charge is 0.238 e. The molecule has 0 saturated carbocycles. The van der Waals surface area contributed by atoms with Crippen molar-refractivity contribution in [3.8, 4) is 0 Å². The van der Waals surface area contributed by atoms with Gasteiger partial charge in [0, 0.05) is 17.3 Å². The molecule has 1 rings (SSSR count). The molecule has 2 N–H and O–H groups in total. The van der Waals surface area contributed by atoms with Gasteiger partial charge in [0.1, 0.15) is 0 Å². The fourth-order valence-electron chi connectivity index (χ4n) is 1.43. The number of anilines is 1. The largest absolute Gasteiger partial charge is 0.325 e. The average molecular weight is 248 g/mol. The molecule has 4 nitrogen and oxygen atoms in total. The van der Waals surface area contributed by atoms with E-state index in [4.69, 9.17) is 0 Å². The molecule has 1 amide bonds. The maximum atomic E-state index is 11.7. The van der Waals surface area contributed by atoms with Gasteiger partial charge in [-0.05, 0) is 32.4 Å². The number of Topliss-reactive ketones (excluding diaryl/α,β-unsaturated/α-hetero) is 1. The standard InChI is InChI=1S/C14H20N2O2/c1-4-10(2)15-9-14(18)16-13-7-5-6-12(8-13)11(3)17/h5-8,10,15H,4,9H2,1-3H3,(H,16,18). The Morgan fingerprint density at radius 3 is 2.67 bits per heavy atom. The van der Waals surface area contributed by atoms with E-state index >= 15 is 0 Å². The fourth-order valence-corrected chi connectivity index (χ4v) is 1.43. The Morgan fingerprint density at radius 1 is 1.33 bits per heavy atom. The van der Waals surface area contributed by atoms with Crippen molar-refractivity contribution in [2.45, 2.75) is 33.2 Å². The molecule has 0 bridgehead atoms. The van der Waals surface area contributed by atoms with Crippen molar-refractivity contribution in [1.29, 1.82) is 0 Å². The summed E-state index contributed by atoms with van der Waals surface area (Å²) in [7, 11) is 0. The van der Waals surface area contributed by atoms with Gasteiger partial charge in [0.15, 0.2) is 5.78 Å². The number of rotatable bonds is 6. The number of nitrogens with one attached hydrogen (secondary N) is 2. The highest BCUT2D eigenvalue weighted by Gasteiger charge is 2.06. The second-order valence-electron chi connectivity index (χ2n) is 4.38. The summed E-state index contributed by atoms with van der Waals surface area (Å²) in [6, 6.07) is 7.26. The molecule has 0 saturated heterocycles. The van der Waals surface area contributed by atoms with E-state index in [0.29, 0.717) is 17.3 Å². The van der Waals surface area contributed by atoms with E-state index in [0.717, 1.165) is 6.42 Å². The molecule has 1 aromatic carbocycles. The SMILES string of the molecule is CCC(C)NCC(=O)Nc1cccc(C(C)=O)c1. The van der Waals surface area contributed by atoms with Crippen LogP contribution in [0.3, 0.4) is 0 Å². The van der Waals surface area contributed by atoms with Crippen LogP contribution in [0.4, 0.5) is 5.69 Å². The monoisotopic (exact) mass is 248 g/mol. The molecular weight excluding hydrogens is 228 g/mol. The Hall–Kier alpha value is -1.68. The maximum absolute atomic E-state index is 11.7. The Labute approximate surface area is 108 Å². The van der Waals surface area contributed by atoms with Crippen molar-refractivity contribution >= 4 is 17.4 Å². The van der Waals surface area contributed by atoms with Gasteiger partial charge in [-0.1, -0.05) is 19.1 Å². The van der Waals surface area contributed by atoms with Crippen LogP contribution < -0.4 is 10.6 Å². The molecule has 0 aliphatic heterocycles. The van der Waals surface area contributed by atoms with Crippen LogP contribution >= 0.6 is 0 Å². The molecule has 0 aromatic heterocycles. The van der Waals surface area contributed by atoms with Crippen molar-refractivity contribution in [3.63, 3.8) is 0 Å². The Balaban J connectivity index is 2.54. The van der Waals surface area contributed by atoms with Gasteiger partial charge in [0.05, 0.1) is 6.54 Å². The van der Waals surface area contributed by atoms with Crippen molar-refractivity contribution in [3.05, 3.63) is 29.8 Å². The highest BCUT2D eigenvalue weighted by molar-refractivity contribution is 5.97. The van der Waals surface area contributed by atoms with Crippen molar-refractivity contribution in [2.24, 2.45) is 0 Å². The number of ketones is 1. The number of hydrogen-bond donors (Lipinski definition) is 2. The van der Waals surface area contributed by atoms with Crippen LogP contribution in [-0.2, 0) is 4.79 Å². The highest BCUT2D eigenvalue weighted by atomic mass is 16.2. The first kappa shape index (κ1) is 14.4. The highest BCUT2D eigenvalue weighted by Crippen LogP contribution is 2.10. The fraction of sp³-hybridized carbons (Fsp3) is 0.429. The van der Waals surface area contributed by atoms with Gasteiger partial charge in [-0.2, -0.15) is 0 Å². The second kappa shape index (κ2) is 6.91. The molecule has 1 unspecified atom stereocenters. The first-order chi connectivity index (χ1) is 8.52. The van der Waals surface area contributed by atoms with Crippen LogP contribution in [0.1, 0.15) is 37.6 Å². The molecule has 0 radical (unpaired) electrons. The van der Waals surface area contributed by atoms with Crippen LogP contribution in [0.25, 0.3) is 0 Å². The zero-order valence-corrected chi connectivity index (χ0v) is 11.1. The molecule has 18 heavy (non-hydrogen) atoms. The zero-order valence-electron chi connectivity index (χ0n) is 11.1. The van der Waals surface area contributed by atoms with Gasteiger partial charge in [0.2, 0.25) is 5.91 Å². The zero-order chi connectivity index (χ0) is 13.5. The number of carbonyl (C=O) groups excluding carboxylic acids is 2. The summed E-state index contributed by atoms with van der Waals surface area (Å²) in [5, 5.41) is 5.87. The van der Waals surface area contributed by atoms with Crippen LogP contribution in [-0.4, -0.2) is 24.3 Å². The minimum absolute atomic E-state index is 0.0103. The molecule has 0 fully saturated rings.